The highest BCUT2D eigenvalue weighted by molar-refractivity contribution is 8.00. The summed E-state index contributed by atoms with van der Waals surface area (Å²) in [6.07, 6.45) is 0. The van der Waals surface area contributed by atoms with Crippen LogP contribution in [0.2, 0.25) is 0 Å². The Bertz CT molecular complexity index is 609. The van der Waals surface area contributed by atoms with Gasteiger partial charge < -0.3 is 10.1 Å². The average molecular weight is 291 g/mol. The summed E-state index contributed by atoms with van der Waals surface area (Å²) in [4.78, 5) is 12.9. The lowest BCUT2D eigenvalue weighted by Crippen LogP contribution is -2.11. The first kappa shape index (κ1) is 12.6. The molecule has 1 atom stereocenters. The molecule has 1 N–H and O–H groups in total. The van der Waals surface area contributed by atoms with Crippen LogP contribution in [0.15, 0.2) is 35.7 Å². The number of fused-ring (bicyclic) bond motifs is 1. The molecule has 0 fully saturated rings. The summed E-state index contributed by atoms with van der Waals surface area (Å²) in [7, 11) is 1.67. The second kappa shape index (κ2) is 5.27. The fourth-order valence-electron chi connectivity index (χ4n) is 2.10. The number of carbonyl (C=O) groups excluding carboxylic acids is 1. The molecule has 2 aromatic rings. The molecule has 3 rings (SSSR count). The second-order valence-corrected chi connectivity index (χ2v) is 6.26. The molecule has 2 heterocycles. The van der Waals surface area contributed by atoms with E-state index in [4.69, 9.17) is 4.74 Å². The first-order chi connectivity index (χ1) is 9.28. The Labute approximate surface area is 120 Å². The molecular formula is C14H13NO2S2. The number of anilines is 1. The zero-order valence-electron chi connectivity index (χ0n) is 10.4. The molecule has 3 nitrogen and oxygen atoms in total. The van der Waals surface area contributed by atoms with E-state index in [0.717, 1.165) is 11.4 Å². The van der Waals surface area contributed by atoms with E-state index in [1.807, 2.05) is 29.6 Å². The number of amides is 1. The van der Waals surface area contributed by atoms with Crippen molar-refractivity contribution < 1.29 is 9.53 Å². The molecule has 1 aliphatic heterocycles. The molecule has 0 bridgehead atoms. The van der Waals surface area contributed by atoms with E-state index < -0.39 is 0 Å². The fraction of sp³-hybridized carbons (Fsp3) is 0.214. The van der Waals surface area contributed by atoms with E-state index in [-0.39, 0.29) is 11.2 Å². The van der Waals surface area contributed by atoms with Crippen molar-refractivity contribution in [2.45, 2.75) is 5.25 Å². The van der Waals surface area contributed by atoms with E-state index >= 15 is 0 Å². The third-order valence-corrected chi connectivity index (χ3v) is 5.39. The minimum atomic E-state index is 0.0649. The summed E-state index contributed by atoms with van der Waals surface area (Å²) in [5, 5.41) is 5.15. The van der Waals surface area contributed by atoms with Crippen LogP contribution in [-0.2, 0) is 4.79 Å². The quantitative estimate of drug-likeness (QED) is 0.920. The molecule has 1 aromatic carbocycles. The number of rotatable bonds is 2. The molecule has 0 radical (unpaired) electrons. The van der Waals surface area contributed by atoms with E-state index in [0.29, 0.717) is 5.75 Å². The van der Waals surface area contributed by atoms with Crippen LogP contribution in [0, 0.1) is 0 Å². The molecule has 0 unspecified atom stereocenters. The summed E-state index contributed by atoms with van der Waals surface area (Å²) in [6.45, 7) is 0. The summed E-state index contributed by atoms with van der Waals surface area (Å²) in [5.74, 6) is 1.39. The highest BCUT2D eigenvalue weighted by Crippen LogP contribution is 2.44. The normalized spacial score (nSPS) is 18.4. The van der Waals surface area contributed by atoms with Gasteiger partial charge in [0.25, 0.3) is 0 Å². The molecule has 0 saturated carbocycles. The van der Waals surface area contributed by atoms with Gasteiger partial charge in [0, 0.05) is 4.88 Å². The number of thiophene rings is 1. The van der Waals surface area contributed by atoms with Crippen LogP contribution in [0.4, 0.5) is 5.69 Å². The highest BCUT2D eigenvalue weighted by atomic mass is 32.2. The Hall–Kier alpha value is -1.46. The first-order valence-corrected chi connectivity index (χ1v) is 7.83. The standard InChI is InChI=1S/C14H13NO2S2/c1-17-10-4-2-3-9(7-10)13-14-11(5-6-18-14)15-12(16)8-19-13/h2-7,13H,8H2,1H3,(H,15,16)/t13-/m0/s1. The minimum Gasteiger partial charge on any atom is -0.497 e. The SMILES string of the molecule is COc1cccc([C@@H]2SCC(=O)Nc3ccsc32)c1. The maximum absolute atomic E-state index is 11.7. The van der Waals surface area contributed by atoms with Gasteiger partial charge >= 0.3 is 0 Å². The van der Waals surface area contributed by atoms with E-state index in [1.165, 1.54) is 10.4 Å². The number of hydrogen-bond acceptors (Lipinski definition) is 4. The Morgan fingerprint density at radius 3 is 3.11 bits per heavy atom. The van der Waals surface area contributed by atoms with Gasteiger partial charge in [-0.1, -0.05) is 12.1 Å². The van der Waals surface area contributed by atoms with Crippen molar-refractivity contribution in [2.75, 3.05) is 18.2 Å². The second-order valence-electron chi connectivity index (χ2n) is 4.21. The van der Waals surface area contributed by atoms with Crippen molar-refractivity contribution in [2.24, 2.45) is 0 Å². The molecule has 98 valence electrons. The lowest BCUT2D eigenvalue weighted by molar-refractivity contribution is -0.113. The van der Waals surface area contributed by atoms with E-state index in [9.17, 15) is 4.79 Å². The monoisotopic (exact) mass is 291 g/mol. The Morgan fingerprint density at radius 2 is 2.26 bits per heavy atom. The van der Waals surface area contributed by atoms with Crippen LogP contribution in [0.25, 0.3) is 0 Å². The summed E-state index contributed by atoms with van der Waals surface area (Å²) >= 11 is 3.34. The van der Waals surface area contributed by atoms with Gasteiger partial charge in [0.1, 0.15) is 5.75 Å². The van der Waals surface area contributed by atoms with Gasteiger partial charge in [0.15, 0.2) is 0 Å². The van der Waals surface area contributed by atoms with Gasteiger partial charge in [0.2, 0.25) is 5.91 Å². The molecular weight excluding hydrogens is 278 g/mol. The van der Waals surface area contributed by atoms with Crippen molar-refractivity contribution in [3.05, 3.63) is 46.2 Å². The van der Waals surface area contributed by atoms with Gasteiger partial charge in [-0.15, -0.1) is 23.1 Å². The largest absolute Gasteiger partial charge is 0.497 e. The van der Waals surface area contributed by atoms with Gasteiger partial charge in [-0.2, -0.15) is 0 Å². The first-order valence-electron chi connectivity index (χ1n) is 5.90. The third-order valence-electron chi connectivity index (χ3n) is 2.99. The molecule has 5 heteroatoms. The Balaban J connectivity index is 2.02. The fourth-order valence-corrected chi connectivity index (χ4v) is 4.34. The number of carbonyl (C=O) groups is 1. The zero-order chi connectivity index (χ0) is 13.2. The van der Waals surface area contributed by atoms with Crippen LogP contribution in [0.5, 0.6) is 5.75 Å². The number of nitrogens with one attached hydrogen (secondary N) is 1. The Kier molecular flexibility index (Phi) is 3.48. The van der Waals surface area contributed by atoms with Crippen molar-refractivity contribution in [3.63, 3.8) is 0 Å². The highest BCUT2D eigenvalue weighted by Gasteiger charge is 2.25. The Morgan fingerprint density at radius 1 is 1.37 bits per heavy atom. The minimum absolute atomic E-state index is 0.0649. The van der Waals surface area contributed by atoms with Gasteiger partial charge in [-0.05, 0) is 29.1 Å². The average Bonchev–Trinajstić information content (AvgIpc) is 2.81. The molecule has 0 spiro atoms. The summed E-state index contributed by atoms with van der Waals surface area (Å²) < 4.78 is 5.28. The topological polar surface area (TPSA) is 38.3 Å². The zero-order valence-corrected chi connectivity index (χ0v) is 12.0. The van der Waals surface area contributed by atoms with Crippen molar-refractivity contribution in [1.82, 2.24) is 0 Å². The van der Waals surface area contributed by atoms with Gasteiger partial charge in [-0.3, -0.25) is 4.79 Å². The molecule has 19 heavy (non-hydrogen) atoms. The molecule has 1 amide bonds. The van der Waals surface area contributed by atoms with Crippen LogP contribution in [0.3, 0.4) is 0 Å². The molecule has 1 aliphatic rings. The summed E-state index contributed by atoms with van der Waals surface area (Å²) in [6, 6.07) is 10.0. The summed E-state index contributed by atoms with van der Waals surface area (Å²) in [5.41, 5.74) is 2.11. The molecule has 1 aromatic heterocycles. The number of methoxy groups -OCH3 is 1. The van der Waals surface area contributed by atoms with Crippen LogP contribution in [0.1, 0.15) is 15.7 Å². The lowest BCUT2D eigenvalue weighted by Gasteiger charge is -2.14. The number of thioether (sulfide) groups is 1. The third kappa shape index (κ3) is 2.48. The predicted octanol–water partition coefficient (Wildman–Crippen LogP) is 3.53. The number of ether oxygens (including phenoxy) is 1. The van der Waals surface area contributed by atoms with Crippen LogP contribution in [-0.4, -0.2) is 18.8 Å². The van der Waals surface area contributed by atoms with Crippen molar-refractivity contribution in [3.8, 4) is 5.75 Å². The predicted molar refractivity (Wildman–Crippen MR) is 80.2 cm³/mol. The van der Waals surface area contributed by atoms with E-state index in [1.54, 1.807) is 30.2 Å². The number of benzene rings is 1. The van der Waals surface area contributed by atoms with Crippen LogP contribution >= 0.6 is 23.1 Å². The lowest BCUT2D eigenvalue weighted by atomic mass is 10.1. The van der Waals surface area contributed by atoms with Crippen molar-refractivity contribution >= 4 is 34.7 Å². The van der Waals surface area contributed by atoms with Crippen molar-refractivity contribution in [1.29, 1.82) is 0 Å². The maximum Gasteiger partial charge on any atom is 0.234 e. The van der Waals surface area contributed by atoms with E-state index in [2.05, 4.69) is 11.4 Å². The molecule has 0 aliphatic carbocycles. The van der Waals surface area contributed by atoms with Gasteiger partial charge in [0.05, 0.1) is 23.8 Å². The van der Waals surface area contributed by atoms with Crippen LogP contribution < -0.4 is 10.1 Å². The smallest absolute Gasteiger partial charge is 0.234 e. The maximum atomic E-state index is 11.7. The molecule has 0 saturated heterocycles. The number of hydrogen-bond donors (Lipinski definition) is 1. The van der Waals surface area contributed by atoms with Gasteiger partial charge in [-0.25, -0.2) is 0 Å².